The van der Waals surface area contributed by atoms with E-state index < -0.39 is 0 Å². The number of alkyl halides is 1. The second-order valence-electron chi connectivity index (χ2n) is 5.37. The van der Waals surface area contributed by atoms with Crippen LogP contribution >= 0.6 is 11.6 Å². The van der Waals surface area contributed by atoms with E-state index in [1.807, 2.05) is 0 Å². The Hall–Kier alpha value is 0.250. The van der Waals surface area contributed by atoms with Gasteiger partial charge >= 0.3 is 0 Å². The average molecular weight is 265 g/mol. The largest absolute Gasteiger partial charge is 0.342 e. The third-order valence-electron chi connectivity index (χ3n) is 2.49. The molecule has 0 saturated carbocycles. The Kier molecular flexibility index (Phi) is 21.4. The number of halogens is 1. The predicted octanol–water partition coefficient (Wildman–Crippen LogP) is 3.91. The molecule has 0 heterocycles. The van der Waals surface area contributed by atoms with Crippen LogP contribution in [0.3, 0.4) is 0 Å². The first kappa shape index (κ1) is 19.6. The van der Waals surface area contributed by atoms with Gasteiger partial charge in [0.25, 0.3) is 0 Å². The van der Waals surface area contributed by atoms with Crippen LogP contribution in [0.5, 0.6) is 0 Å². The molecular weight excluding hydrogens is 230 g/mol. The lowest BCUT2D eigenvalue weighted by atomic mass is 10.1. The van der Waals surface area contributed by atoms with Gasteiger partial charge in [0, 0.05) is 5.88 Å². The summed E-state index contributed by atoms with van der Waals surface area (Å²) >= 11 is 5.60. The Bertz CT molecular complexity index is 103. The van der Waals surface area contributed by atoms with E-state index in [0.29, 0.717) is 0 Å². The number of unbranched alkanes of at least 4 members (excludes halogenated alkanes) is 9. The van der Waals surface area contributed by atoms with E-state index >= 15 is 0 Å². The molecule has 0 fully saturated rings. The predicted molar refractivity (Wildman–Crippen MR) is 81.3 cm³/mol. The molecule has 0 aliphatic carbocycles. The van der Waals surface area contributed by atoms with E-state index in [-0.39, 0.29) is 0 Å². The maximum atomic E-state index is 5.60. The van der Waals surface area contributed by atoms with Gasteiger partial charge in [-0.25, -0.2) is 0 Å². The third kappa shape index (κ3) is 31.4. The summed E-state index contributed by atoms with van der Waals surface area (Å²) in [5.41, 5.74) is 0. The maximum Gasteiger partial charge on any atom is 0.0661 e. The molecule has 0 radical (unpaired) electrons. The van der Waals surface area contributed by atoms with Crippen molar-refractivity contribution in [3.05, 3.63) is 0 Å². The van der Waals surface area contributed by atoms with E-state index in [2.05, 4.69) is 28.1 Å². The highest BCUT2D eigenvalue weighted by Gasteiger charge is 1.91. The van der Waals surface area contributed by atoms with Crippen molar-refractivity contribution in [2.75, 3.05) is 27.0 Å². The van der Waals surface area contributed by atoms with Gasteiger partial charge in [0.2, 0.25) is 0 Å². The van der Waals surface area contributed by atoms with Gasteiger partial charge in [0.1, 0.15) is 0 Å². The zero-order valence-electron chi connectivity index (χ0n) is 12.7. The summed E-state index contributed by atoms with van der Waals surface area (Å²) in [5, 5.41) is 0. The third-order valence-corrected chi connectivity index (χ3v) is 2.75. The molecule has 17 heavy (non-hydrogen) atoms. The number of rotatable bonds is 10. The lowest BCUT2D eigenvalue weighted by molar-refractivity contribution is -0.836. The number of hydrogen-bond donors (Lipinski definition) is 1. The lowest BCUT2D eigenvalue weighted by Gasteiger charge is -2.00. The summed E-state index contributed by atoms with van der Waals surface area (Å²) in [7, 11) is 6.25. The first-order chi connectivity index (χ1) is 8.15. The molecular formula is C15H35ClN+. The first-order valence-corrected chi connectivity index (χ1v) is 8.01. The van der Waals surface area contributed by atoms with Crippen molar-refractivity contribution in [3.63, 3.8) is 0 Å². The molecule has 0 aromatic heterocycles. The standard InChI is InChI=1S/C12H25Cl.C3H9N/c1-2-3-4-5-6-7-8-9-10-11-12-13;1-4(2)3/h2-12H2,1H3;1-3H3/p+1. The van der Waals surface area contributed by atoms with Crippen molar-refractivity contribution < 1.29 is 4.90 Å². The lowest BCUT2D eigenvalue weighted by Crippen LogP contribution is -3.02. The average Bonchev–Trinajstić information content (AvgIpc) is 2.26. The van der Waals surface area contributed by atoms with Crippen LogP contribution in [0.1, 0.15) is 71.1 Å². The Morgan fingerprint density at radius 1 is 0.647 bits per heavy atom. The Morgan fingerprint density at radius 2 is 0.941 bits per heavy atom. The molecule has 0 aliphatic heterocycles. The SMILES string of the molecule is CCCCCCCCCCCCCl.C[NH+](C)C. The van der Waals surface area contributed by atoms with Crippen molar-refractivity contribution in [1.82, 2.24) is 0 Å². The highest BCUT2D eigenvalue weighted by atomic mass is 35.5. The molecule has 106 valence electrons. The minimum atomic E-state index is 0.844. The maximum absolute atomic E-state index is 5.60. The smallest absolute Gasteiger partial charge is 0.0661 e. The van der Waals surface area contributed by atoms with Crippen molar-refractivity contribution in [1.29, 1.82) is 0 Å². The monoisotopic (exact) mass is 264 g/mol. The second kappa shape index (κ2) is 18.6. The molecule has 1 N–H and O–H groups in total. The fraction of sp³-hybridized carbons (Fsp3) is 1.00. The topological polar surface area (TPSA) is 4.44 Å². The Morgan fingerprint density at radius 3 is 1.24 bits per heavy atom. The van der Waals surface area contributed by atoms with Gasteiger partial charge in [-0.15, -0.1) is 11.6 Å². The van der Waals surface area contributed by atoms with Gasteiger partial charge < -0.3 is 4.90 Å². The summed E-state index contributed by atoms with van der Waals surface area (Å²) in [6, 6.07) is 0. The summed E-state index contributed by atoms with van der Waals surface area (Å²) in [4.78, 5) is 1.42. The van der Waals surface area contributed by atoms with Crippen LogP contribution in [0.15, 0.2) is 0 Å². The summed E-state index contributed by atoms with van der Waals surface area (Å²) in [6.45, 7) is 2.27. The first-order valence-electron chi connectivity index (χ1n) is 7.47. The van der Waals surface area contributed by atoms with Gasteiger partial charge in [0.05, 0.1) is 21.1 Å². The highest BCUT2D eigenvalue weighted by Crippen LogP contribution is 2.10. The van der Waals surface area contributed by atoms with Crippen LogP contribution in [0, 0.1) is 0 Å². The fourth-order valence-electron chi connectivity index (χ4n) is 1.58. The highest BCUT2D eigenvalue weighted by molar-refractivity contribution is 6.17. The molecule has 0 aliphatic rings. The molecule has 0 aromatic rings. The number of hydrogen-bond acceptors (Lipinski definition) is 0. The van der Waals surface area contributed by atoms with E-state index in [1.165, 1.54) is 69.1 Å². The molecule has 2 heteroatoms. The molecule has 0 unspecified atom stereocenters. The summed E-state index contributed by atoms with van der Waals surface area (Å²) in [6.07, 6.45) is 13.9. The van der Waals surface area contributed by atoms with Crippen molar-refractivity contribution in [2.45, 2.75) is 71.1 Å². The van der Waals surface area contributed by atoms with Crippen LogP contribution in [0.25, 0.3) is 0 Å². The molecule has 0 saturated heterocycles. The van der Waals surface area contributed by atoms with Crippen molar-refractivity contribution >= 4 is 11.6 Å². The van der Waals surface area contributed by atoms with Crippen LogP contribution < -0.4 is 4.90 Å². The zero-order valence-corrected chi connectivity index (χ0v) is 13.4. The number of nitrogens with one attached hydrogen (secondary N) is 1. The summed E-state index contributed by atoms with van der Waals surface area (Å²) < 4.78 is 0. The molecule has 0 amide bonds. The Labute approximate surface area is 115 Å². The van der Waals surface area contributed by atoms with Gasteiger partial charge in [-0.05, 0) is 6.42 Å². The second-order valence-corrected chi connectivity index (χ2v) is 5.75. The number of quaternary nitrogens is 1. The molecule has 0 spiro atoms. The minimum absolute atomic E-state index is 0.844. The van der Waals surface area contributed by atoms with Crippen LogP contribution in [0.2, 0.25) is 0 Å². The summed E-state index contributed by atoms with van der Waals surface area (Å²) in [5.74, 6) is 0.844. The van der Waals surface area contributed by atoms with E-state index in [1.54, 1.807) is 0 Å². The van der Waals surface area contributed by atoms with Gasteiger partial charge in [-0.2, -0.15) is 0 Å². The van der Waals surface area contributed by atoms with Crippen molar-refractivity contribution in [2.24, 2.45) is 0 Å². The quantitative estimate of drug-likeness (QED) is 0.451. The molecule has 0 aromatic carbocycles. The molecule has 0 rings (SSSR count). The van der Waals surface area contributed by atoms with Crippen LogP contribution in [0.4, 0.5) is 0 Å². The van der Waals surface area contributed by atoms with Crippen LogP contribution in [-0.4, -0.2) is 27.0 Å². The van der Waals surface area contributed by atoms with Gasteiger partial charge in [-0.3, -0.25) is 0 Å². The van der Waals surface area contributed by atoms with Gasteiger partial charge in [0.15, 0.2) is 0 Å². The molecule has 0 bridgehead atoms. The van der Waals surface area contributed by atoms with E-state index in [0.717, 1.165) is 5.88 Å². The van der Waals surface area contributed by atoms with E-state index in [9.17, 15) is 0 Å². The minimum Gasteiger partial charge on any atom is -0.342 e. The fourth-order valence-corrected chi connectivity index (χ4v) is 1.77. The van der Waals surface area contributed by atoms with Gasteiger partial charge in [-0.1, -0.05) is 64.7 Å². The molecule has 0 atom stereocenters. The Balaban J connectivity index is 0. The normalized spacial score (nSPS) is 10.2. The van der Waals surface area contributed by atoms with E-state index in [4.69, 9.17) is 11.6 Å². The molecule has 1 nitrogen and oxygen atoms in total. The van der Waals surface area contributed by atoms with Crippen LogP contribution in [-0.2, 0) is 0 Å². The van der Waals surface area contributed by atoms with Crippen molar-refractivity contribution in [3.8, 4) is 0 Å². The zero-order chi connectivity index (χ0) is 13.4.